The molecule has 1 aromatic rings. The topological polar surface area (TPSA) is 12.0 Å². The lowest BCUT2D eigenvalue weighted by Gasteiger charge is -2.27. The Kier molecular flexibility index (Phi) is 7.04. The van der Waals surface area contributed by atoms with E-state index >= 15 is 0 Å². The fourth-order valence-electron chi connectivity index (χ4n) is 2.55. The number of rotatable bonds is 8. The normalized spacial score (nSPS) is 16.2. The van der Waals surface area contributed by atoms with Crippen LogP contribution in [-0.2, 0) is 0 Å². The number of nitrogens with one attached hydrogen (secondary N) is 1. The third kappa shape index (κ3) is 4.81. The van der Waals surface area contributed by atoms with Crippen molar-refractivity contribution < 1.29 is 0 Å². The highest BCUT2D eigenvalue weighted by Crippen LogP contribution is 2.28. The molecule has 1 heteroatoms. The van der Waals surface area contributed by atoms with Crippen LogP contribution in [0.15, 0.2) is 30.3 Å². The molecule has 18 heavy (non-hydrogen) atoms. The lowest BCUT2D eigenvalue weighted by molar-refractivity contribution is 0.315. The molecule has 1 nitrogen and oxygen atoms in total. The summed E-state index contributed by atoms with van der Waals surface area (Å²) in [5, 5.41) is 3.71. The van der Waals surface area contributed by atoms with Crippen molar-refractivity contribution in [2.24, 2.45) is 11.8 Å². The lowest BCUT2D eigenvalue weighted by atomic mass is 9.86. The van der Waals surface area contributed by atoms with Gasteiger partial charge in [-0.15, -0.1) is 0 Å². The van der Waals surface area contributed by atoms with Crippen LogP contribution in [0.5, 0.6) is 0 Å². The van der Waals surface area contributed by atoms with E-state index in [1.54, 1.807) is 0 Å². The first-order valence-corrected chi connectivity index (χ1v) is 7.47. The quantitative estimate of drug-likeness (QED) is 0.696. The molecule has 1 aromatic carbocycles. The maximum Gasteiger partial charge on any atom is 0.0346 e. The molecule has 0 aromatic heterocycles. The van der Waals surface area contributed by atoms with Gasteiger partial charge in [0.25, 0.3) is 0 Å². The Bertz CT molecular complexity index is 307. The van der Waals surface area contributed by atoms with E-state index in [-0.39, 0.29) is 0 Å². The van der Waals surface area contributed by atoms with E-state index in [1.807, 2.05) is 0 Å². The Balaban J connectivity index is 2.71. The van der Waals surface area contributed by atoms with Crippen molar-refractivity contribution in [3.8, 4) is 0 Å². The van der Waals surface area contributed by atoms with Crippen molar-refractivity contribution in [2.45, 2.75) is 53.0 Å². The van der Waals surface area contributed by atoms with Gasteiger partial charge in [0.05, 0.1) is 0 Å². The smallest absolute Gasteiger partial charge is 0.0346 e. The highest BCUT2D eigenvalue weighted by molar-refractivity contribution is 5.19. The lowest BCUT2D eigenvalue weighted by Crippen LogP contribution is -2.28. The first-order chi connectivity index (χ1) is 8.69. The van der Waals surface area contributed by atoms with E-state index in [1.165, 1.54) is 24.8 Å². The molecule has 1 N–H and O–H groups in total. The van der Waals surface area contributed by atoms with Crippen LogP contribution in [0.25, 0.3) is 0 Å². The van der Waals surface area contributed by atoms with Crippen molar-refractivity contribution in [1.29, 1.82) is 0 Å². The van der Waals surface area contributed by atoms with Gasteiger partial charge in [0.1, 0.15) is 0 Å². The minimum Gasteiger partial charge on any atom is -0.310 e. The third-order valence-electron chi connectivity index (χ3n) is 3.81. The second-order valence-electron chi connectivity index (χ2n) is 5.57. The molecule has 0 bridgehead atoms. The van der Waals surface area contributed by atoms with Crippen LogP contribution in [0.1, 0.15) is 58.6 Å². The fourth-order valence-corrected chi connectivity index (χ4v) is 2.55. The minimum absolute atomic E-state index is 0.500. The van der Waals surface area contributed by atoms with Gasteiger partial charge in [0.2, 0.25) is 0 Å². The predicted molar refractivity (Wildman–Crippen MR) is 80.7 cm³/mol. The summed E-state index contributed by atoms with van der Waals surface area (Å²) < 4.78 is 0. The van der Waals surface area contributed by atoms with Crippen molar-refractivity contribution in [3.05, 3.63) is 35.9 Å². The Morgan fingerprint density at radius 2 is 1.72 bits per heavy atom. The van der Waals surface area contributed by atoms with Gasteiger partial charge in [-0.1, -0.05) is 64.4 Å². The van der Waals surface area contributed by atoms with E-state index in [0.717, 1.165) is 12.5 Å². The zero-order chi connectivity index (χ0) is 13.4. The number of hydrogen-bond acceptors (Lipinski definition) is 1. The molecular weight excluding hydrogens is 218 g/mol. The number of benzene rings is 1. The molecule has 0 heterocycles. The fraction of sp³-hybridized carbons (Fsp3) is 0.647. The van der Waals surface area contributed by atoms with Crippen LogP contribution in [0.3, 0.4) is 0 Å². The molecule has 1 rings (SSSR count). The second kappa shape index (κ2) is 8.31. The molecule has 0 amide bonds. The van der Waals surface area contributed by atoms with E-state index in [2.05, 4.69) is 63.3 Å². The first kappa shape index (κ1) is 15.2. The third-order valence-corrected chi connectivity index (χ3v) is 3.81. The van der Waals surface area contributed by atoms with Crippen molar-refractivity contribution in [1.82, 2.24) is 5.32 Å². The first-order valence-electron chi connectivity index (χ1n) is 7.47. The van der Waals surface area contributed by atoms with Crippen LogP contribution in [0.4, 0.5) is 0 Å². The highest BCUT2D eigenvalue weighted by atomic mass is 14.9. The zero-order valence-electron chi connectivity index (χ0n) is 12.4. The van der Waals surface area contributed by atoms with E-state index < -0.39 is 0 Å². The molecule has 3 atom stereocenters. The summed E-state index contributed by atoms with van der Waals surface area (Å²) in [6.07, 6.45) is 3.77. The number of hydrogen-bond donors (Lipinski definition) is 1. The van der Waals surface area contributed by atoms with Crippen molar-refractivity contribution >= 4 is 0 Å². The molecule has 3 unspecified atom stereocenters. The maximum atomic E-state index is 3.71. The Morgan fingerprint density at radius 1 is 1.06 bits per heavy atom. The Morgan fingerprint density at radius 3 is 2.28 bits per heavy atom. The summed E-state index contributed by atoms with van der Waals surface area (Å²) in [4.78, 5) is 0. The van der Waals surface area contributed by atoms with E-state index in [0.29, 0.717) is 12.0 Å². The average molecular weight is 247 g/mol. The molecule has 0 aliphatic heterocycles. The molecular formula is C17H29N. The van der Waals surface area contributed by atoms with E-state index in [9.17, 15) is 0 Å². The average Bonchev–Trinajstić information content (AvgIpc) is 2.40. The monoisotopic (exact) mass is 247 g/mol. The maximum absolute atomic E-state index is 3.71. The van der Waals surface area contributed by atoms with Gasteiger partial charge in [0.15, 0.2) is 0 Å². The van der Waals surface area contributed by atoms with Crippen LogP contribution in [0, 0.1) is 11.8 Å². The van der Waals surface area contributed by atoms with Gasteiger partial charge in [-0.2, -0.15) is 0 Å². The summed E-state index contributed by atoms with van der Waals surface area (Å²) in [6.45, 7) is 10.4. The molecule has 102 valence electrons. The molecule has 0 aliphatic carbocycles. The SMILES string of the molecule is CCCNC(c1ccccc1)C(C)CC(C)CC. The summed E-state index contributed by atoms with van der Waals surface area (Å²) >= 11 is 0. The van der Waals surface area contributed by atoms with Crippen LogP contribution >= 0.6 is 0 Å². The summed E-state index contributed by atoms with van der Waals surface area (Å²) in [6, 6.07) is 11.4. The molecule has 0 fully saturated rings. The van der Waals surface area contributed by atoms with Gasteiger partial charge in [-0.3, -0.25) is 0 Å². The minimum atomic E-state index is 0.500. The van der Waals surface area contributed by atoms with Gasteiger partial charge in [-0.25, -0.2) is 0 Å². The van der Waals surface area contributed by atoms with Gasteiger partial charge in [0, 0.05) is 6.04 Å². The summed E-state index contributed by atoms with van der Waals surface area (Å²) in [5.41, 5.74) is 1.43. The molecule has 0 spiro atoms. The van der Waals surface area contributed by atoms with Gasteiger partial charge < -0.3 is 5.32 Å². The van der Waals surface area contributed by atoms with Crippen molar-refractivity contribution in [2.75, 3.05) is 6.54 Å². The molecule has 0 saturated heterocycles. The standard InChI is InChI=1S/C17H29N/c1-5-12-18-17(15(4)13-14(3)6-2)16-10-8-7-9-11-16/h7-11,14-15,17-18H,5-6,12-13H2,1-4H3. The second-order valence-corrected chi connectivity index (χ2v) is 5.57. The van der Waals surface area contributed by atoms with Gasteiger partial charge in [-0.05, 0) is 36.8 Å². The largest absolute Gasteiger partial charge is 0.310 e. The van der Waals surface area contributed by atoms with Crippen molar-refractivity contribution in [3.63, 3.8) is 0 Å². The molecule has 0 radical (unpaired) electrons. The highest BCUT2D eigenvalue weighted by Gasteiger charge is 2.19. The molecule has 0 saturated carbocycles. The Labute approximate surface area is 113 Å². The van der Waals surface area contributed by atoms with Crippen LogP contribution < -0.4 is 5.32 Å². The van der Waals surface area contributed by atoms with Crippen LogP contribution in [0.2, 0.25) is 0 Å². The molecule has 0 aliphatic rings. The summed E-state index contributed by atoms with van der Waals surface area (Å²) in [7, 11) is 0. The Hall–Kier alpha value is -0.820. The van der Waals surface area contributed by atoms with E-state index in [4.69, 9.17) is 0 Å². The zero-order valence-corrected chi connectivity index (χ0v) is 12.4. The van der Waals surface area contributed by atoms with Crippen LogP contribution in [-0.4, -0.2) is 6.54 Å². The summed E-state index contributed by atoms with van der Waals surface area (Å²) in [5.74, 6) is 1.50. The predicted octanol–water partition coefficient (Wildman–Crippen LogP) is 4.80. The van der Waals surface area contributed by atoms with Gasteiger partial charge >= 0.3 is 0 Å².